The highest BCUT2D eigenvalue weighted by Crippen LogP contribution is 2.27. The number of hydrogen-bond acceptors (Lipinski definition) is 2. The molecule has 1 aromatic carbocycles. The van der Waals surface area contributed by atoms with Crippen molar-refractivity contribution in [1.29, 1.82) is 0 Å². The van der Waals surface area contributed by atoms with E-state index in [1.165, 1.54) is 0 Å². The Bertz CT molecular complexity index is 468. The maximum atomic E-state index is 12.6. The van der Waals surface area contributed by atoms with E-state index in [-0.39, 0.29) is 18.7 Å². The number of nitrogens with zero attached hydrogens (tertiary/aromatic N) is 1. The van der Waals surface area contributed by atoms with E-state index in [0.717, 1.165) is 18.5 Å². The highest BCUT2D eigenvalue weighted by Gasteiger charge is 2.28. The molecule has 0 unspecified atom stereocenters. The summed E-state index contributed by atoms with van der Waals surface area (Å²) in [7, 11) is 0. The first-order chi connectivity index (χ1) is 9.85. The van der Waals surface area contributed by atoms with Crippen LogP contribution in [0.25, 0.3) is 0 Å². The van der Waals surface area contributed by atoms with Crippen molar-refractivity contribution in [3.8, 4) is 0 Å². The molecule has 1 amide bonds. The molecule has 4 heteroatoms. The molecule has 21 heavy (non-hydrogen) atoms. The van der Waals surface area contributed by atoms with Crippen molar-refractivity contribution in [2.24, 2.45) is 5.41 Å². The molecule has 1 aromatic rings. The lowest BCUT2D eigenvalue weighted by Crippen LogP contribution is -2.35. The van der Waals surface area contributed by atoms with Crippen LogP contribution in [0.5, 0.6) is 0 Å². The number of unbranched alkanes of at least 4 members (excludes halogenated alkanes) is 1. The van der Waals surface area contributed by atoms with E-state index in [9.17, 15) is 9.59 Å². The molecule has 0 atom stereocenters. The molecule has 4 nitrogen and oxygen atoms in total. The second-order valence-corrected chi connectivity index (χ2v) is 6.15. The summed E-state index contributed by atoms with van der Waals surface area (Å²) in [5, 5.41) is 8.93. The topological polar surface area (TPSA) is 57.6 Å². The Hall–Kier alpha value is -1.84. The number of aliphatic carboxylic acids is 1. The van der Waals surface area contributed by atoms with Gasteiger partial charge in [0, 0.05) is 18.7 Å². The van der Waals surface area contributed by atoms with E-state index in [0.29, 0.717) is 6.54 Å². The van der Waals surface area contributed by atoms with Crippen molar-refractivity contribution in [1.82, 2.24) is 0 Å². The van der Waals surface area contributed by atoms with Crippen molar-refractivity contribution in [2.45, 2.75) is 46.5 Å². The maximum absolute atomic E-state index is 12.6. The highest BCUT2D eigenvalue weighted by atomic mass is 16.4. The Kier molecular flexibility index (Phi) is 6.40. The second kappa shape index (κ2) is 7.81. The lowest BCUT2D eigenvalue weighted by molar-refractivity contribution is -0.139. The Balaban J connectivity index is 2.83. The third-order valence-corrected chi connectivity index (χ3v) is 3.36. The van der Waals surface area contributed by atoms with E-state index in [2.05, 4.69) is 6.92 Å². The number of rotatable bonds is 8. The number of carboxylic acid groups (broad SMARTS) is 1. The molecule has 0 saturated heterocycles. The molecule has 1 N–H and O–H groups in total. The zero-order chi connectivity index (χ0) is 15.9. The molecule has 0 saturated carbocycles. The number of carbonyl (C=O) groups is 2. The first-order valence-corrected chi connectivity index (χ1v) is 7.43. The van der Waals surface area contributed by atoms with Gasteiger partial charge in [-0.2, -0.15) is 0 Å². The predicted octanol–water partition coefficient (Wildman–Crippen LogP) is 3.71. The minimum atomic E-state index is -0.868. The summed E-state index contributed by atoms with van der Waals surface area (Å²) in [6, 6.07) is 9.56. The molecule has 0 bridgehead atoms. The minimum Gasteiger partial charge on any atom is -0.481 e. The number of para-hydroxylation sites is 1. The molecule has 0 aliphatic carbocycles. The fourth-order valence-corrected chi connectivity index (χ4v) is 2.30. The third kappa shape index (κ3) is 5.98. The normalized spacial score (nSPS) is 11.2. The lowest BCUT2D eigenvalue weighted by Gasteiger charge is -2.28. The van der Waals surface area contributed by atoms with Crippen LogP contribution in [0.1, 0.15) is 46.5 Å². The zero-order valence-electron chi connectivity index (χ0n) is 13.1. The Morgan fingerprint density at radius 1 is 1.14 bits per heavy atom. The summed E-state index contributed by atoms with van der Waals surface area (Å²) in [6.07, 6.45) is 2.17. The van der Waals surface area contributed by atoms with Crippen molar-refractivity contribution < 1.29 is 14.7 Å². The van der Waals surface area contributed by atoms with Gasteiger partial charge in [-0.15, -0.1) is 0 Å². The van der Waals surface area contributed by atoms with Gasteiger partial charge in [0.05, 0.1) is 6.42 Å². The molecule has 0 aromatic heterocycles. The average molecular weight is 291 g/mol. The first kappa shape index (κ1) is 17.2. The van der Waals surface area contributed by atoms with E-state index in [1.54, 1.807) is 4.90 Å². The Labute approximate surface area is 126 Å². The predicted molar refractivity (Wildman–Crippen MR) is 84.4 cm³/mol. The summed E-state index contributed by atoms with van der Waals surface area (Å²) < 4.78 is 0. The van der Waals surface area contributed by atoms with Crippen LogP contribution in [0.2, 0.25) is 0 Å². The van der Waals surface area contributed by atoms with Crippen LogP contribution in [-0.4, -0.2) is 23.5 Å². The van der Waals surface area contributed by atoms with Crippen molar-refractivity contribution in [3.05, 3.63) is 30.3 Å². The number of benzene rings is 1. The minimum absolute atomic E-state index is 0.00481. The second-order valence-electron chi connectivity index (χ2n) is 6.15. The largest absolute Gasteiger partial charge is 0.481 e. The molecule has 0 spiro atoms. The van der Waals surface area contributed by atoms with E-state index in [4.69, 9.17) is 5.11 Å². The van der Waals surface area contributed by atoms with Crippen molar-refractivity contribution in [2.75, 3.05) is 11.4 Å². The van der Waals surface area contributed by atoms with E-state index >= 15 is 0 Å². The third-order valence-electron chi connectivity index (χ3n) is 3.36. The van der Waals surface area contributed by atoms with Crippen LogP contribution in [0.15, 0.2) is 30.3 Å². The number of anilines is 1. The Morgan fingerprint density at radius 2 is 1.76 bits per heavy atom. The first-order valence-electron chi connectivity index (χ1n) is 7.43. The fourth-order valence-electron chi connectivity index (χ4n) is 2.30. The van der Waals surface area contributed by atoms with Crippen molar-refractivity contribution >= 4 is 17.6 Å². The summed E-state index contributed by atoms with van der Waals surface area (Å²) in [4.78, 5) is 25.2. The standard InChI is InChI=1S/C17H25NO3/c1-4-5-11-18(14-9-7-6-8-10-14)15(19)12-17(2,3)13-16(20)21/h6-10H,4-5,11-13H2,1-3H3,(H,20,21). The summed E-state index contributed by atoms with van der Waals surface area (Å²) >= 11 is 0. The van der Waals surface area contributed by atoms with Gasteiger partial charge >= 0.3 is 5.97 Å². The van der Waals surface area contributed by atoms with Gasteiger partial charge in [-0.3, -0.25) is 9.59 Å². The molecule has 0 heterocycles. The van der Waals surface area contributed by atoms with Gasteiger partial charge in [0.1, 0.15) is 0 Å². The number of carboxylic acids is 1. The SMILES string of the molecule is CCCCN(C(=O)CC(C)(C)CC(=O)O)c1ccccc1. The van der Waals surface area contributed by atoms with Gasteiger partial charge in [0.15, 0.2) is 0 Å². The zero-order valence-corrected chi connectivity index (χ0v) is 13.1. The van der Waals surface area contributed by atoms with E-state index in [1.807, 2.05) is 44.2 Å². The van der Waals surface area contributed by atoms with Crippen LogP contribution in [0.3, 0.4) is 0 Å². The fraction of sp³-hybridized carbons (Fsp3) is 0.529. The van der Waals surface area contributed by atoms with Crippen LogP contribution in [0, 0.1) is 5.41 Å². The van der Waals surface area contributed by atoms with Crippen LogP contribution in [0.4, 0.5) is 5.69 Å². The number of carbonyl (C=O) groups excluding carboxylic acids is 1. The lowest BCUT2D eigenvalue weighted by atomic mass is 9.85. The van der Waals surface area contributed by atoms with Crippen LogP contribution < -0.4 is 4.90 Å². The number of hydrogen-bond donors (Lipinski definition) is 1. The summed E-state index contributed by atoms with van der Waals surface area (Å²) in [6.45, 7) is 6.40. The maximum Gasteiger partial charge on any atom is 0.303 e. The summed E-state index contributed by atoms with van der Waals surface area (Å²) in [5.74, 6) is -0.881. The van der Waals surface area contributed by atoms with Crippen LogP contribution >= 0.6 is 0 Å². The molecule has 1 rings (SSSR count). The van der Waals surface area contributed by atoms with Gasteiger partial charge in [-0.05, 0) is 24.0 Å². The van der Waals surface area contributed by atoms with Gasteiger partial charge < -0.3 is 10.0 Å². The average Bonchev–Trinajstić information content (AvgIpc) is 2.38. The number of amides is 1. The molecule has 0 aliphatic heterocycles. The van der Waals surface area contributed by atoms with Crippen molar-refractivity contribution in [3.63, 3.8) is 0 Å². The molecule has 116 valence electrons. The highest BCUT2D eigenvalue weighted by molar-refractivity contribution is 5.93. The van der Waals surface area contributed by atoms with Crippen LogP contribution in [-0.2, 0) is 9.59 Å². The summed E-state index contributed by atoms with van der Waals surface area (Å²) in [5.41, 5.74) is 0.337. The molecular weight excluding hydrogens is 266 g/mol. The molecule has 0 fully saturated rings. The smallest absolute Gasteiger partial charge is 0.303 e. The molecule has 0 aliphatic rings. The van der Waals surface area contributed by atoms with Gasteiger partial charge in [-0.1, -0.05) is 45.4 Å². The quantitative estimate of drug-likeness (QED) is 0.794. The van der Waals surface area contributed by atoms with Gasteiger partial charge in [-0.25, -0.2) is 0 Å². The molecular formula is C17H25NO3. The van der Waals surface area contributed by atoms with Gasteiger partial charge in [0.2, 0.25) is 5.91 Å². The molecule has 0 radical (unpaired) electrons. The van der Waals surface area contributed by atoms with Gasteiger partial charge in [0.25, 0.3) is 0 Å². The van der Waals surface area contributed by atoms with E-state index < -0.39 is 11.4 Å². The monoisotopic (exact) mass is 291 g/mol. The Morgan fingerprint density at radius 3 is 2.29 bits per heavy atom.